The maximum absolute atomic E-state index is 12.5. The number of hydrogen-bond donors (Lipinski definition) is 2. The van der Waals surface area contributed by atoms with Crippen LogP contribution in [-0.4, -0.2) is 18.1 Å². The van der Waals surface area contributed by atoms with E-state index in [1.54, 1.807) is 30.3 Å². The van der Waals surface area contributed by atoms with Crippen LogP contribution in [0.15, 0.2) is 52.9 Å². The first kappa shape index (κ1) is 18.0. The van der Waals surface area contributed by atoms with Crippen molar-refractivity contribution in [1.29, 1.82) is 0 Å². The lowest BCUT2D eigenvalue weighted by atomic mass is 10.1. The third-order valence-corrected chi connectivity index (χ3v) is 4.30. The summed E-state index contributed by atoms with van der Waals surface area (Å²) in [6.07, 6.45) is 0. The first-order chi connectivity index (χ1) is 12.5. The van der Waals surface area contributed by atoms with E-state index in [0.29, 0.717) is 33.5 Å². The van der Waals surface area contributed by atoms with Gasteiger partial charge in [0.15, 0.2) is 0 Å². The Bertz CT molecular complexity index is 949. The number of hydrogen-bond acceptors (Lipinski definition) is 4. The largest absolute Gasteiger partial charge is 0.495 e. The molecule has 0 aliphatic rings. The minimum Gasteiger partial charge on any atom is -0.495 e. The number of rotatable bonds is 5. The minimum atomic E-state index is -0.273. The number of anilines is 1. The van der Waals surface area contributed by atoms with Crippen molar-refractivity contribution in [2.24, 2.45) is 0 Å². The smallest absolute Gasteiger partial charge is 0.255 e. The Morgan fingerprint density at radius 3 is 2.65 bits per heavy atom. The van der Waals surface area contributed by atoms with E-state index >= 15 is 0 Å². The van der Waals surface area contributed by atoms with Crippen LogP contribution in [0.2, 0.25) is 5.02 Å². The first-order valence-corrected chi connectivity index (χ1v) is 8.35. The van der Waals surface area contributed by atoms with Crippen molar-refractivity contribution in [2.75, 3.05) is 12.4 Å². The zero-order valence-corrected chi connectivity index (χ0v) is 15.1. The highest BCUT2D eigenvalue weighted by molar-refractivity contribution is 6.32. The summed E-state index contributed by atoms with van der Waals surface area (Å²) >= 11 is 6.09. The molecule has 0 aliphatic carbocycles. The predicted molar refractivity (Wildman–Crippen MR) is 101 cm³/mol. The van der Waals surface area contributed by atoms with Crippen LogP contribution in [0.3, 0.4) is 0 Å². The Morgan fingerprint density at radius 1 is 1.19 bits per heavy atom. The van der Waals surface area contributed by atoms with Crippen LogP contribution in [0.4, 0.5) is 5.69 Å². The Balaban J connectivity index is 1.86. The highest BCUT2D eigenvalue weighted by Crippen LogP contribution is 2.29. The van der Waals surface area contributed by atoms with Gasteiger partial charge in [-0.25, -0.2) is 0 Å². The van der Waals surface area contributed by atoms with Gasteiger partial charge < -0.3 is 19.6 Å². The van der Waals surface area contributed by atoms with Gasteiger partial charge in [-0.05, 0) is 48.9 Å². The highest BCUT2D eigenvalue weighted by atomic mass is 35.5. The average molecular weight is 372 g/mol. The summed E-state index contributed by atoms with van der Waals surface area (Å²) in [5.74, 6) is 1.35. The van der Waals surface area contributed by atoms with Gasteiger partial charge in [0, 0.05) is 16.8 Å². The zero-order valence-electron chi connectivity index (χ0n) is 14.4. The highest BCUT2D eigenvalue weighted by Gasteiger charge is 2.12. The lowest BCUT2D eigenvalue weighted by Crippen LogP contribution is -2.13. The molecule has 1 heterocycles. The second-order valence-electron chi connectivity index (χ2n) is 5.76. The zero-order chi connectivity index (χ0) is 18.7. The van der Waals surface area contributed by atoms with Crippen molar-refractivity contribution in [1.82, 2.24) is 0 Å². The molecule has 1 aromatic heterocycles. The number of halogens is 1. The van der Waals surface area contributed by atoms with Crippen molar-refractivity contribution in [3.05, 3.63) is 70.4 Å². The van der Waals surface area contributed by atoms with E-state index in [-0.39, 0.29) is 12.5 Å². The van der Waals surface area contributed by atoms with Crippen molar-refractivity contribution in [3.63, 3.8) is 0 Å². The van der Waals surface area contributed by atoms with E-state index < -0.39 is 0 Å². The van der Waals surface area contributed by atoms with Crippen molar-refractivity contribution in [2.45, 2.75) is 13.5 Å². The fraction of sp³-hybridized carbons (Fsp3) is 0.150. The van der Waals surface area contributed by atoms with Crippen molar-refractivity contribution < 1.29 is 19.1 Å². The normalized spacial score (nSPS) is 10.6. The van der Waals surface area contributed by atoms with Gasteiger partial charge in [-0.1, -0.05) is 23.7 Å². The van der Waals surface area contributed by atoms with E-state index in [4.69, 9.17) is 25.9 Å². The second kappa shape index (κ2) is 7.64. The fourth-order valence-corrected chi connectivity index (χ4v) is 2.79. The second-order valence-corrected chi connectivity index (χ2v) is 6.16. The minimum absolute atomic E-state index is 0.159. The number of benzene rings is 2. The summed E-state index contributed by atoms with van der Waals surface area (Å²) in [4.78, 5) is 12.5. The lowest BCUT2D eigenvalue weighted by Gasteiger charge is -2.11. The summed E-state index contributed by atoms with van der Waals surface area (Å²) in [7, 11) is 1.52. The van der Waals surface area contributed by atoms with E-state index in [1.165, 1.54) is 7.11 Å². The van der Waals surface area contributed by atoms with Gasteiger partial charge in [0.05, 0.1) is 12.1 Å². The predicted octanol–water partition coefficient (Wildman–Crippen LogP) is 4.66. The number of carbonyl (C=O) groups is 1. The maximum Gasteiger partial charge on any atom is 0.255 e. The van der Waals surface area contributed by atoms with E-state index in [1.807, 2.05) is 25.1 Å². The quantitative estimate of drug-likeness (QED) is 0.684. The monoisotopic (exact) mass is 371 g/mol. The number of nitrogens with one attached hydrogen (secondary N) is 1. The Hall–Kier alpha value is -2.76. The van der Waals surface area contributed by atoms with E-state index in [2.05, 4.69) is 5.32 Å². The van der Waals surface area contributed by atoms with Gasteiger partial charge in [0.2, 0.25) is 0 Å². The molecule has 0 aliphatic heterocycles. The Morgan fingerprint density at radius 2 is 2.00 bits per heavy atom. The number of aliphatic hydroxyl groups is 1. The summed E-state index contributed by atoms with van der Waals surface area (Å²) in [6, 6.07) is 14.0. The van der Waals surface area contributed by atoms with Gasteiger partial charge in [0.1, 0.15) is 23.9 Å². The maximum atomic E-state index is 12.5. The molecule has 0 saturated heterocycles. The third-order valence-electron chi connectivity index (χ3n) is 4.00. The van der Waals surface area contributed by atoms with Gasteiger partial charge in [-0.2, -0.15) is 0 Å². The molecule has 0 unspecified atom stereocenters. The lowest BCUT2D eigenvalue weighted by molar-refractivity contribution is 0.102. The number of furan rings is 1. The molecule has 0 saturated carbocycles. The molecular weight excluding hydrogens is 354 g/mol. The number of ether oxygens (including phenoxy) is 1. The summed E-state index contributed by atoms with van der Waals surface area (Å²) < 4.78 is 10.7. The molecule has 5 nitrogen and oxygen atoms in total. The molecule has 3 rings (SSSR count). The van der Waals surface area contributed by atoms with Crippen LogP contribution in [-0.2, 0) is 6.61 Å². The molecule has 2 aromatic carbocycles. The molecule has 0 spiro atoms. The molecule has 0 atom stereocenters. The van der Waals surface area contributed by atoms with Crippen LogP contribution in [0.5, 0.6) is 5.75 Å². The summed E-state index contributed by atoms with van der Waals surface area (Å²) in [6.45, 7) is 1.75. The molecule has 0 fully saturated rings. The van der Waals surface area contributed by atoms with Gasteiger partial charge in [-0.15, -0.1) is 0 Å². The number of aryl methyl sites for hydroxylation is 1. The number of aliphatic hydroxyl groups excluding tert-OH is 1. The first-order valence-electron chi connectivity index (χ1n) is 7.97. The van der Waals surface area contributed by atoms with Crippen LogP contribution in [0, 0.1) is 6.92 Å². The topological polar surface area (TPSA) is 71.7 Å². The summed E-state index contributed by atoms with van der Waals surface area (Å²) in [5, 5.41) is 12.4. The average Bonchev–Trinajstić information content (AvgIpc) is 3.12. The van der Waals surface area contributed by atoms with E-state index in [0.717, 1.165) is 11.1 Å². The SMILES string of the molecule is COc1ccc(C(=O)Nc2cc(-c3ccc(CO)o3)ccc2C)cc1Cl. The molecule has 0 bridgehead atoms. The Kier molecular flexibility index (Phi) is 5.30. The molecule has 26 heavy (non-hydrogen) atoms. The number of amides is 1. The fourth-order valence-electron chi connectivity index (χ4n) is 2.53. The van der Waals surface area contributed by atoms with Crippen molar-refractivity contribution >= 4 is 23.2 Å². The third kappa shape index (κ3) is 3.74. The number of carbonyl (C=O) groups excluding carboxylic acids is 1. The standard InChI is InChI=1S/C20H18ClNO4/c1-12-3-4-13(18-8-6-15(11-23)26-18)10-17(12)22-20(24)14-5-7-19(25-2)16(21)9-14/h3-10,23H,11H2,1-2H3,(H,22,24). The van der Waals surface area contributed by atoms with Crippen LogP contribution < -0.4 is 10.1 Å². The van der Waals surface area contributed by atoms with Gasteiger partial charge in [0.25, 0.3) is 5.91 Å². The van der Waals surface area contributed by atoms with Crippen LogP contribution >= 0.6 is 11.6 Å². The van der Waals surface area contributed by atoms with E-state index in [9.17, 15) is 4.79 Å². The molecule has 3 aromatic rings. The van der Waals surface area contributed by atoms with Crippen LogP contribution in [0.25, 0.3) is 11.3 Å². The van der Waals surface area contributed by atoms with Crippen molar-refractivity contribution in [3.8, 4) is 17.1 Å². The molecular formula is C20H18ClNO4. The number of methoxy groups -OCH3 is 1. The van der Waals surface area contributed by atoms with Gasteiger partial charge in [-0.3, -0.25) is 4.79 Å². The van der Waals surface area contributed by atoms with Gasteiger partial charge >= 0.3 is 0 Å². The molecule has 6 heteroatoms. The molecule has 134 valence electrons. The molecule has 0 radical (unpaired) electrons. The summed E-state index contributed by atoms with van der Waals surface area (Å²) in [5.41, 5.74) is 2.82. The molecule has 2 N–H and O–H groups in total. The Labute approximate surface area is 156 Å². The van der Waals surface area contributed by atoms with Crippen LogP contribution in [0.1, 0.15) is 21.7 Å². The molecule has 1 amide bonds.